The first-order chi connectivity index (χ1) is 4.06. The Morgan fingerprint density at radius 2 is 1.89 bits per heavy atom. The van der Waals surface area contributed by atoms with E-state index in [2.05, 4.69) is 67.8 Å². The number of aliphatic hydroxyl groups is 1. The first-order valence-electron chi connectivity index (χ1n) is 2.42. The molecule has 9 heavy (non-hydrogen) atoms. The van der Waals surface area contributed by atoms with Gasteiger partial charge in [0.1, 0.15) is -0.565 Å². The highest BCUT2D eigenvalue weighted by Crippen LogP contribution is 2.39. The van der Waals surface area contributed by atoms with Gasteiger partial charge in [-0.15, -0.1) is 0 Å². The molecule has 54 valence electrons. The Balaban J connectivity index is 3.28. The first kappa shape index (κ1) is 10.7. The van der Waals surface area contributed by atoms with Gasteiger partial charge >= 0.3 is 0 Å². The maximum Gasteiger partial charge on any atom is 0.124 e. The van der Waals surface area contributed by atoms with E-state index >= 15 is 0 Å². The fourth-order valence-corrected chi connectivity index (χ4v) is 1.26. The molecule has 4 heteroatoms. The van der Waals surface area contributed by atoms with E-state index in [4.69, 9.17) is 5.11 Å². The molecule has 0 bridgehead atoms. The summed E-state index contributed by atoms with van der Waals surface area (Å²) >= 11 is 7.12. The molecule has 0 amide bonds. The minimum atomic E-state index is 0.298. The summed E-state index contributed by atoms with van der Waals surface area (Å²) in [5.41, 5.74) is 0. The molecule has 0 aliphatic heterocycles. The predicted molar refractivity (Wildman–Crippen MR) is 65.8 cm³/mol. The van der Waals surface area contributed by atoms with Crippen molar-refractivity contribution >= 4 is 67.8 Å². The van der Waals surface area contributed by atoms with Crippen LogP contribution in [0, 0.1) is 0 Å². The lowest BCUT2D eigenvalue weighted by molar-refractivity contribution is 0.470. The molecule has 1 N–H and O–H groups in total. The Hall–Kier alpha value is 1.73. The second kappa shape index (κ2) is 5.39. The van der Waals surface area contributed by atoms with Gasteiger partial charge in [0, 0.05) is 0 Å². The molecule has 0 rings (SSSR count). The summed E-state index contributed by atoms with van der Waals surface area (Å²) in [6.07, 6.45) is 4.91. The first-order valence-corrected chi connectivity index (χ1v) is 5.66. The number of alkyl halides is 3. The zero-order valence-corrected chi connectivity index (χ0v) is 11.1. The van der Waals surface area contributed by atoms with E-state index in [-0.39, 0.29) is 0 Å². The topological polar surface area (TPSA) is 20.2 Å². The molecule has 0 heterocycles. The van der Waals surface area contributed by atoms with E-state index in [1.807, 2.05) is 0 Å². The van der Waals surface area contributed by atoms with Crippen LogP contribution < -0.4 is 0 Å². The smallest absolute Gasteiger partial charge is 0.124 e. The van der Waals surface area contributed by atoms with Crippen LogP contribution in [0.3, 0.4) is 0 Å². The number of hydrogen-bond donors (Lipinski definition) is 1. The quantitative estimate of drug-likeness (QED) is 0.383. The van der Waals surface area contributed by atoms with Crippen LogP contribution in [0.4, 0.5) is 0 Å². The van der Waals surface area contributed by atoms with Crippen molar-refractivity contribution in [2.45, 2.75) is 12.3 Å². The molecule has 0 aromatic carbocycles. The minimum Gasteiger partial charge on any atom is -0.516 e. The molecule has 0 atom stereocenters. The van der Waals surface area contributed by atoms with Crippen LogP contribution in [-0.4, -0.2) is 4.54 Å². The highest BCUT2D eigenvalue weighted by molar-refractivity contribution is 14.3. The zero-order chi connectivity index (χ0) is 7.33. The lowest BCUT2D eigenvalue weighted by atomic mass is 10.3. The second-order valence-electron chi connectivity index (χ2n) is 1.54. The average Bonchev–Trinajstić information content (AvgIpc) is 1.63. The molecule has 0 spiro atoms. The molecule has 0 saturated carbocycles. The van der Waals surface area contributed by atoms with Crippen LogP contribution in [0.1, 0.15) is 12.8 Å². The van der Waals surface area contributed by atoms with Crippen LogP contribution in [0.2, 0.25) is 0 Å². The molecule has 1 nitrogen and oxygen atoms in total. The lowest BCUT2D eigenvalue weighted by Crippen LogP contribution is -1.95. The van der Waals surface area contributed by atoms with Crippen LogP contribution in [0.15, 0.2) is 12.3 Å². The highest BCUT2D eigenvalue weighted by Gasteiger charge is 2.14. The molecule has 0 saturated heterocycles. The summed E-state index contributed by atoms with van der Waals surface area (Å²) in [5, 5.41) is 8.28. The molecule has 0 unspecified atom stereocenters. The lowest BCUT2D eigenvalue weighted by Gasteiger charge is -2.08. The number of aliphatic hydroxyl groups excluding tert-OH is 1. The van der Waals surface area contributed by atoms with Crippen molar-refractivity contribution in [3.8, 4) is 0 Å². The molecular weight excluding hydrogens is 457 g/mol. The fraction of sp³-hybridized carbons (Fsp3) is 0.600. The third-order valence-electron chi connectivity index (χ3n) is 0.700. The van der Waals surface area contributed by atoms with Crippen molar-refractivity contribution in [1.29, 1.82) is 0 Å². The van der Waals surface area contributed by atoms with Crippen molar-refractivity contribution < 1.29 is 5.11 Å². The summed E-state index contributed by atoms with van der Waals surface area (Å²) in [7, 11) is 0. The fourth-order valence-electron chi connectivity index (χ4n) is 0.322. The minimum absolute atomic E-state index is 0.298. The molecule has 0 radical (unpaired) electrons. The number of halogens is 3. The van der Waals surface area contributed by atoms with Gasteiger partial charge in [-0.2, -0.15) is 0 Å². The summed E-state index contributed by atoms with van der Waals surface area (Å²) < 4.78 is 0.298. The largest absolute Gasteiger partial charge is 0.516 e. The van der Waals surface area contributed by atoms with Crippen LogP contribution in [-0.2, 0) is 0 Å². The van der Waals surface area contributed by atoms with Crippen molar-refractivity contribution in [1.82, 2.24) is 0 Å². The van der Waals surface area contributed by atoms with Gasteiger partial charge in [-0.1, -0.05) is 67.8 Å². The number of allylic oxidation sites excluding steroid dienone is 1. The SMILES string of the molecule is OC=CCCC(I)(I)I. The van der Waals surface area contributed by atoms with Crippen LogP contribution >= 0.6 is 67.8 Å². The van der Waals surface area contributed by atoms with E-state index in [1.54, 1.807) is 6.08 Å². The van der Waals surface area contributed by atoms with Crippen LogP contribution in [0.25, 0.3) is 0 Å². The van der Waals surface area contributed by atoms with Crippen molar-refractivity contribution in [2.75, 3.05) is 0 Å². The summed E-state index contributed by atoms with van der Waals surface area (Å²) in [5.74, 6) is 0. The average molecular weight is 464 g/mol. The standard InChI is InChI=1S/C5H7I3O/c6-5(7,8)3-1-2-4-9/h2,4,9H,1,3H2. The highest BCUT2D eigenvalue weighted by atomic mass is 127. The van der Waals surface area contributed by atoms with E-state index in [1.165, 1.54) is 0 Å². The van der Waals surface area contributed by atoms with Gasteiger partial charge < -0.3 is 5.11 Å². The zero-order valence-electron chi connectivity index (χ0n) is 4.65. The van der Waals surface area contributed by atoms with Crippen molar-refractivity contribution in [3.05, 3.63) is 12.3 Å². The third kappa shape index (κ3) is 9.73. The molecule has 0 aromatic rings. The Morgan fingerprint density at radius 1 is 1.33 bits per heavy atom. The van der Waals surface area contributed by atoms with Crippen molar-refractivity contribution in [3.63, 3.8) is 0 Å². The molecule has 0 fully saturated rings. The molecule has 0 aromatic heterocycles. The summed E-state index contributed by atoms with van der Waals surface area (Å²) in [6.45, 7) is 0. The molecule has 0 aliphatic carbocycles. The summed E-state index contributed by atoms with van der Waals surface area (Å²) in [4.78, 5) is 0. The Morgan fingerprint density at radius 3 is 2.22 bits per heavy atom. The van der Waals surface area contributed by atoms with E-state index < -0.39 is 0 Å². The Labute approximate surface area is 96.1 Å². The molecular formula is C5H7I3O. The summed E-state index contributed by atoms with van der Waals surface area (Å²) in [6, 6.07) is 0. The van der Waals surface area contributed by atoms with Gasteiger partial charge in [-0.3, -0.25) is 0 Å². The van der Waals surface area contributed by atoms with E-state index in [9.17, 15) is 0 Å². The number of hydrogen-bond acceptors (Lipinski definition) is 1. The maximum absolute atomic E-state index is 8.28. The van der Waals surface area contributed by atoms with Crippen LogP contribution in [0.5, 0.6) is 0 Å². The predicted octanol–water partition coefficient (Wildman–Crippen LogP) is 3.80. The van der Waals surface area contributed by atoms with Gasteiger partial charge in [0.05, 0.1) is 6.26 Å². The number of rotatable bonds is 3. The third-order valence-corrected chi connectivity index (χ3v) is 2.32. The molecule has 0 aliphatic rings. The van der Waals surface area contributed by atoms with Gasteiger partial charge in [0.2, 0.25) is 0 Å². The van der Waals surface area contributed by atoms with E-state index in [0.29, 0.717) is -0.565 Å². The van der Waals surface area contributed by atoms with Gasteiger partial charge in [-0.25, -0.2) is 0 Å². The Kier molecular flexibility index (Phi) is 6.43. The van der Waals surface area contributed by atoms with E-state index in [0.717, 1.165) is 19.1 Å². The van der Waals surface area contributed by atoms with Gasteiger partial charge in [-0.05, 0) is 18.9 Å². The normalized spacial score (nSPS) is 12.8. The second-order valence-corrected chi connectivity index (χ2v) is 13.3. The Bertz CT molecular complexity index is 94.9. The van der Waals surface area contributed by atoms with Crippen molar-refractivity contribution in [2.24, 2.45) is 0 Å². The monoisotopic (exact) mass is 464 g/mol. The maximum atomic E-state index is 8.28. The van der Waals surface area contributed by atoms with Gasteiger partial charge in [0.15, 0.2) is 0 Å². The van der Waals surface area contributed by atoms with Gasteiger partial charge in [0.25, 0.3) is 0 Å².